The number of amides is 2. The molecule has 0 saturated heterocycles. The minimum atomic E-state index is -3.82. The van der Waals surface area contributed by atoms with Crippen molar-refractivity contribution in [3.63, 3.8) is 0 Å². The average molecular weight is 456 g/mol. The van der Waals surface area contributed by atoms with Gasteiger partial charge in [-0.2, -0.15) is 0 Å². The van der Waals surface area contributed by atoms with Gasteiger partial charge in [-0.1, -0.05) is 29.8 Å². The molecule has 30 heavy (non-hydrogen) atoms. The molecule has 2 rings (SSSR count). The van der Waals surface area contributed by atoms with E-state index in [2.05, 4.69) is 15.4 Å². The van der Waals surface area contributed by atoms with E-state index >= 15 is 0 Å². The van der Waals surface area contributed by atoms with E-state index in [1.54, 1.807) is 36.4 Å². The average Bonchev–Trinajstić information content (AvgIpc) is 2.68. The molecule has 0 aliphatic rings. The first-order chi connectivity index (χ1) is 14.3. The summed E-state index contributed by atoms with van der Waals surface area (Å²) in [5.74, 6) is -0.406. The molecular formula is C19H22ClN3O6S. The summed E-state index contributed by atoms with van der Waals surface area (Å²) in [4.78, 5) is 23.7. The van der Waals surface area contributed by atoms with Gasteiger partial charge in [0.05, 0.1) is 11.6 Å². The van der Waals surface area contributed by atoms with Crippen molar-refractivity contribution in [3.05, 3.63) is 53.6 Å². The predicted molar refractivity (Wildman–Crippen MR) is 113 cm³/mol. The predicted octanol–water partition coefficient (Wildman–Crippen LogP) is 2.84. The minimum Gasteiger partial charge on any atom is -0.447 e. The second kappa shape index (κ2) is 11.5. The van der Waals surface area contributed by atoms with Gasteiger partial charge in [0.1, 0.15) is 11.5 Å². The molecule has 11 heteroatoms. The zero-order valence-electron chi connectivity index (χ0n) is 16.2. The van der Waals surface area contributed by atoms with Gasteiger partial charge in [0.25, 0.3) is 0 Å². The molecule has 2 aromatic rings. The second-order valence-electron chi connectivity index (χ2n) is 5.96. The maximum atomic E-state index is 12.2. The molecule has 162 valence electrons. The van der Waals surface area contributed by atoms with E-state index in [1.807, 2.05) is 0 Å². The number of carbonyl (C=O) groups is 2. The highest BCUT2D eigenvalue weighted by atomic mass is 35.5. The van der Waals surface area contributed by atoms with E-state index in [4.69, 9.17) is 21.1 Å². The van der Waals surface area contributed by atoms with E-state index in [0.717, 1.165) is 0 Å². The van der Waals surface area contributed by atoms with Gasteiger partial charge in [0.15, 0.2) is 0 Å². The van der Waals surface area contributed by atoms with Crippen molar-refractivity contribution < 1.29 is 27.5 Å². The fraction of sp³-hybridized carbons (Fsp3) is 0.263. The minimum absolute atomic E-state index is 0.0526. The SMILES string of the molecule is COCCOC(=O)Nc1cccc(NC(=O)CCNS(=O)(=O)c2ccccc2Cl)c1. The van der Waals surface area contributed by atoms with Crippen LogP contribution in [0.2, 0.25) is 5.02 Å². The molecule has 0 spiro atoms. The lowest BCUT2D eigenvalue weighted by Crippen LogP contribution is -2.28. The molecule has 0 unspecified atom stereocenters. The van der Waals surface area contributed by atoms with Gasteiger partial charge in [-0.3, -0.25) is 10.1 Å². The zero-order chi connectivity index (χ0) is 22.0. The van der Waals surface area contributed by atoms with Gasteiger partial charge in [-0.15, -0.1) is 0 Å². The molecule has 2 amide bonds. The molecule has 2 aromatic carbocycles. The highest BCUT2D eigenvalue weighted by Gasteiger charge is 2.17. The number of benzene rings is 2. The Morgan fingerprint density at radius 3 is 2.40 bits per heavy atom. The van der Waals surface area contributed by atoms with E-state index in [9.17, 15) is 18.0 Å². The number of nitrogens with one attached hydrogen (secondary N) is 3. The molecule has 0 bridgehead atoms. The molecule has 9 nitrogen and oxygen atoms in total. The van der Waals surface area contributed by atoms with Crippen LogP contribution in [-0.4, -0.2) is 47.3 Å². The van der Waals surface area contributed by atoms with Crippen molar-refractivity contribution in [2.24, 2.45) is 0 Å². The molecular weight excluding hydrogens is 434 g/mol. The summed E-state index contributed by atoms with van der Waals surface area (Å²) in [6, 6.07) is 12.5. The standard InChI is InChI=1S/C19H22ClN3O6S/c1-28-11-12-29-19(25)23-15-6-4-5-14(13-15)22-18(24)9-10-21-30(26,27)17-8-3-2-7-16(17)20/h2-8,13,21H,9-12H2,1H3,(H,22,24)(H,23,25). The van der Waals surface area contributed by atoms with Gasteiger partial charge >= 0.3 is 6.09 Å². The second-order valence-corrected chi connectivity index (χ2v) is 8.10. The topological polar surface area (TPSA) is 123 Å². The summed E-state index contributed by atoms with van der Waals surface area (Å²) < 4.78 is 36.5. The Kier molecular flexibility index (Phi) is 9.06. The third kappa shape index (κ3) is 7.64. The normalized spacial score (nSPS) is 11.0. The fourth-order valence-electron chi connectivity index (χ4n) is 2.31. The number of hydrogen-bond donors (Lipinski definition) is 3. The van der Waals surface area contributed by atoms with Gasteiger partial charge in [-0.05, 0) is 30.3 Å². The maximum Gasteiger partial charge on any atom is 0.411 e. The van der Waals surface area contributed by atoms with Crippen LogP contribution in [0.15, 0.2) is 53.4 Å². The highest BCUT2D eigenvalue weighted by Crippen LogP contribution is 2.20. The van der Waals surface area contributed by atoms with E-state index in [1.165, 1.54) is 19.2 Å². The molecule has 0 aromatic heterocycles. The molecule has 0 radical (unpaired) electrons. The molecule has 0 saturated carbocycles. The van der Waals surface area contributed by atoms with Crippen LogP contribution in [0.4, 0.5) is 16.2 Å². The number of rotatable bonds is 10. The Bertz CT molecular complexity index is 984. The molecule has 0 atom stereocenters. The molecule has 0 heterocycles. The molecule has 0 aliphatic carbocycles. The summed E-state index contributed by atoms with van der Waals surface area (Å²) in [7, 11) is -2.33. The molecule has 3 N–H and O–H groups in total. The third-order valence-corrected chi connectivity index (χ3v) is 5.64. The lowest BCUT2D eigenvalue weighted by molar-refractivity contribution is -0.116. The Morgan fingerprint density at radius 2 is 1.70 bits per heavy atom. The van der Waals surface area contributed by atoms with Crippen LogP contribution in [0.3, 0.4) is 0 Å². The van der Waals surface area contributed by atoms with Crippen LogP contribution in [-0.2, 0) is 24.3 Å². The lowest BCUT2D eigenvalue weighted by Gasteiger charge is -2.10. The Labute approximate surface area is 179 Å². The summed E-state index contributed by atoms with van der Waals surface area (Å²) in [6.07, 6.45) is -0.745. The van der Waals surface area contributed by atoms with E-state index in [-0.39, 0.29) is 36.1 Å². The smallest absolute Gasteiger partial charge is 0.411 e. The summed E-state index contributed by atoms with van der Waals surface area (Å²) in [6.45, 7) is 0.287. The van der Waals surface area contributed by atoms with Gasteiger partial charge in [0.2, 0.25) is 15.9 Å². The Hall–Kier alpha value is -2.66. The van der Waals surface area contributed by atoms with Crippen LogP contribution in [0, 0.1) is 0 Å². The van der Waals surface area contributed by atoms with Crippen LogP contribution in [0.1, 0.15) is 6.42 Å². The van der Waals surface area contributed by atoms with Crippen LogP contribution < -0.4 is 15.4 Å². The number of sulfonamides is 1. The summed E-state index contributed by atoms with van der Waals surface area (Å²) in [5, 5.41) is 5.26. The van der Waals surface area contributed by atoms with Crippen molar-refractivity contribution in [2.75, 3.05) is 37.5 Å². The van der Waals surface area contributed by atoms with Gasteiger partial charge in [-0.25, -0.2) is 17.9 Å². The number of ether oxygens (including phenoxy) is 2. The fourth-order valence-corrected chi connectivity index (χ4v) is 3.86. The van der Waals surface area contributed by atoms with Crippen molar-refractivity contribution in [2.45, 2.75) is 11.3 Å². The summed E-state index contributed by atoms with van der Waals surface area (Å²) >= 11 is 5.90. The van der Waals surface area contributed by atoms with Crippen LogP contribution in [0.5, 0.6) is 0 Å². The van der Waals surface area contributed by atoms with Gasteiger partial charge in [0, 0.05) is 31.5 Å². The Balaban J connectivity index is 1.84. The zero-order valence-corrected chi connectivity index (χ0v) is 17.8. The first kappa shape index (κ1) is 23.6. The molecule has 0 aliphatic heterocycles. The van der Waals surface area contributed by atoms with Crippen molar-refractivity contribution in [3.8, 4) is 0 Å². The molecule has 0 fully saturated rings. The third-order valence-electron chi connectivity index (χ3n) is 3.68. The van der Waals surface area contributed by atoms with E-state index in [0.29, 0.717) is 11.4 Å². The highest BCUT2D eigenvalue weighted by molar-refractivity contribution is 7.89. The van der Waals surface area contributed by atoms with Crippen molar-refractivity contribution in [1.29, 1.82) is 0 Å². The number of halogens is 1. The number of hydrogen-bond acceptors (Lipinski definition) is 6. The van der Waals surface area contributed by atoms with E-state index < -0.39 is 22.0 Å². The van der Waals surface area contributed by atoms with Crippen molar-refractivity contribution >= 4 is 45.0 Å². The number of methoxy groups -OCH3 is 1. The summed E-state index contributed by atoms with van der Waals surface area (Å²) in [5.41, 5.74) is 0.860. The van der Waals surface area contributed by atoms with Crippen LogP contribution >= 0.6 is 11.6 Å². The van der Waals surface area contributed by atoms with Crippen molar-refractivity contribution in [1.82, 2.24) is 4.72 Å². The monoisotopic (exact) mass is 455 g/mol. The van der Waals surface area contributed by atoms with Gasteiger partial charge < -0.3 is 14.8 Å². The van der Waals surface area contributed by atoms with Crippen LogP contribution in [0.25, 0.3) is 0 Å². The maximum absolute atomic E-state index is 12.2. The largest absolute Gasteiger partial charge is 0.447 e. The number of anilines is 2. The first-order valence-electron chi connectivity index (χ1n) is 8.88. The lowest BCUT2D eigenvalue weighted by atomic mass is 10.2. The Morgan fingerprint density at radius 1 is 1.00 bits per heavy atom. The quantitative estimate of drug-likeness (QED) is 0.473. The number of carbonyl (C=O) groups excluding carboxylic acids is 2. The first-order valence-corrected chi connectivity index (χ1v) is 10.7.